The summed E-state index contributed by atoms with van der Waals surface area (Å²) in [6, 6.07) is 18.8. The highest BCUT2D eigenvalue weighted by Gasteiger charge is 2.17. The van der Waals surface area contributed by atoms with Crippen molar-refractivity contribution in [1.29, 1.82) is 0 Å². The topological polar surface area (TPSA) is 24.4 Å². The normalized spacial score (nSPS) is 17.6. The predicted molar refractivity (Wildman–Crippen MR) is 66.8 cm³/mol. The van der Waals surface area contributed by atoms with Crippen LogP contribution in [-0.4, -0.2) is 6.34 Å². The summed E-state index contributed by atoms with van der Waals surface area (Å²) in [5, 5.41) is 3.17. The summed E-state index contributed by atoms with van der Waals surface area (Å²) in [5.41, 5.74) is 3.61. The maximum Gasteiger partial charge on any atom is 0.104 e. The zero-order chi connectivity index (χ0) is 10.8. The molecule has 0 unspecified atom stereocenters. The standard InChI is InChI=1S/C14H12N2/c1-2-6-11(7-3-1)14-12-8-4-5-9-13(12)15-10-16-14/h1-10,14H,(H,15,16)/t14-/m0/s1. The number of para-hydroxylation sites is 1. The SMILES string of the molecule is C1=N[C@@H](c2ccccc2)c2ccccc2N1. The van der Waals surface area contributed by atoms with Crippen LogP contribution in [0.25, 0.3) is 0 Å². The zero-order valence-corrected chi connectivity index (χ0v) is 8.80. The van der Waals surface area contributed by atoms with Gasteiger partial charge >= 0.3 is 0 Å². The minimum Gasteiger partial charge on any atom is -0.346 e. The second-order valence-corrected chi connectivity index (χ2v) is 3.82. The Hall–Kier alpha value is -2.09. The van der Waals surface area contributed by atoms with E-state index in [0.29, 0.717) is 0 Å². The van der Waals surface area contributed by atoms with Gasteiger partial charge in [-0.3, -0.25) is 4.99 Å². The van der Waals surface area contributed by atoms with Gasteiger partial charge in [0, 0.05) is 11.3 Å². The van der Waals surface area contributed by atoms with Gasteiger partial charge in [-0.25, -0.2) is 0 Å². The van der Waals surface area contributed by atoms with Gasteiger partial charge < -0.3 is 5.32 Å². The lowest BCUT2D eigenvalue weighted by Gasteiger charge is -2.21. The molecule has 0 radical (unpaired) electrons. The molecular formula is C14H12N2. The van der Waals surface area contributed by atoms with Crippen LogP contribution in [0.15, 0.2) is 59.6 Å². The molecule has 1 N–H and O–H groups in total. The molecule has 1 aliphatic rings. The molecule has 0 aliphatic carbocycles. The van der Waals surface area contributed by atoms with Crippen molar-refractivity contribution in [1.82, 2.24) is 0 Å². The van der Waals surface area contributed by atoms with E-state index >= 15 is 0 Å². The second kappa shape index (κ2) is 3.81. The molecule has 0 bridgehead atoms. The monoisotopic (exact) mass is 208 g/mol. The smallest absolute Gasteiger partial charge is 0.104 e. The number of aliphatic imine (C=N–C) groups is 1. The summed E-state index contributed by atoms with van der Waals surface area (Å²) in [4.78, 5) is 4.50. The number of fused-ring (bicyclic) bond motifs is 1. The molecule has 0 aromatic heterocycles. The van der Waals surface area contributed by atoms with Gasteiger partial charge in [0.1, 0.15) is 6.04 Å². The Balaban J connectivity index is 2.09. The number of hydrogen-bond acceptors (Lipinski definition) is 2. The number of hydrogen-bond donors (Lipinski definition) is 1. The minimum atomic E-state index is 0.124. The third kappa shape index (κ3) is 1.48. The van der Waals surface area contributed by atoms with Crippen molar-refractivity contribution in [2.75, 3.05) is 5.32 Å². The van der Waals surface area contributed by atoms with Crippen molar-refractivity contribution in [2.45, 2.75) is 6.04 Å². The van der Waals surface area contributed by atoms with Gasteiger partial charge in [-0.15, -0.1) is 0 Å². The van der Waals surface area contributed by atoms with Gasteiger partial charge in [-0.05, 0) is 11.6 Å². The Bertz CT molecular complexity index is 517. The lowest BCUT2D eigenvalue weighted by Crippen LogP contribution is -2.10. The van der Waals surface area contributed by atoms with Crippen LogP contribution in [0.4, 0.5) is 5.69 Å². The summed E-state index contributed by atoms with van der Waals surface area (Å²) < 4.78 is 0. The highest BCUT2D eigenvalue weighted by Crippen LogP contribution is 2.33. The molecule has 16 heavy (non-hydrogen) atoms. The number of nitrogens with one attached hydrogen (secondary N) is 1. The molecule has 1 heterocycles. The zero-order valence-electron chi connectivity index (χ0n) is 8.80. The Morgan fingerprint density at radius 1 is 0.875 bits per heavy atom. The van der Waals surface area contributed by atoms with Crippen LogP contribution in [0.1, 0.15) is 17.2 Å². The Morgan fingerprint density at radius 2 is 1.62 bits per heavy atom. The Labute approximate surface area is 94.7 Å². The summed E-state index contributed by atoms with van der Waals surface area (Å²) in [6.07, 6.45) is 1.78. The summed E-state index contributed by atoms with van der Waals surface area (Å²) in [7, 11) is 0. The minimum absolute atomic E-state index is 0.124. The van der Waals surface area contributed by atoms with Gasteiger partial charge in [-0.2, -0.15) is 0 Å². The molecule has 1 aliphatic heterocycles. The molecule has 78 valence electrons. The third-order valence-corrected chi connectivity index (χ3v) is 2.81. The Morgan fingerprint density at radius 3 is 2.50 bits per heavy atom. The van der Waals surface area contributed by atoms with Crippen LogP contribution in [0.3, 0.4) is 0 Å². The molecule has 0 fully saturated rings. The van der Waals surface area contributed by atoms with Crippen LogP contribution in [0.5, 0.6) is 0 Å². The molecule has 0 saturated heterocycles. The lowest BCUT2D eigenvalue weighted by atomic mass is 9.97. The average molecular weight is 208 g/mol. The number of rotatable bonds is 1. The first kappa shape index (κ1) is 9.16. The van der Waals surface area contributed by atoms with E-state index in [1.807, 2.05) is 12.1 Å². The van der Waals surface area contributed by atoms with Gasteiger partial charge in [0.25, 0.3) is 0 Å². The fraction of sp³-hybridized carbons (Fsp3) is 0.0714. The van der Waals surface area contributed by atoms with Crippen LogP contribution in [0, 0.1) is 0 Å². The van der Waals surface area contributed by atoms with Crippen molar-refractivity contribution >= 4 is 12.0 Å². The van der Waals surface area contributed by atoms with Crippen molar-refractivity contribution in [3.8, 4) is 0 Å². The molecular weight excluding hydrogens is 196 g/mol. The molecule has 2 aromatic carbocycles. The van der Waals surface area contributed by atoms with Crippen LogP contribution in [0.2, 0.25) is 0 Å². The molecule has 2 nitrogen and oxygen atoms in total. The predicted octanol–water partition coefficient (Wildman–Crippen LogP) is 3.23. The third-order valence-electron chi connectivity index (χ3n) is 2.81. The molecule has 0 spiro atoms. The fourth-order valence-corrected chi connectivity index (χ4v) is 2.03. The van der Waals surface area contributed by atoms with E-state index in [9.17, 15) is 0 Å². The van der Waals surface area contributed by atoms with E-state index in [4.69, 9.17) is 0 Å². The molecule has 0 amide bonds. The number of anilines is 1. The molecule has 2 heteroatoms. The second-order valence-electron chi connectivity index (χ2n) is 3.82. The number of benzene rings is 2. The highest BCUT2D eigenvalue weighted by atomic mass is 15.0. The first-order valence-corrected chi connectivity index (χ1v) is 5.37. The quantitative estimate of drug-likeness (QED) is 0.764. The first-order valence-electron chi connectivity index (χ1n) is 5.37. The van der Waals surface area contributed by atoms with E-state index < -0.39 is 0 Å². The van der Waals surface area contributed by atoms with Gasteiger partial charge in [0.05, 0.1) is 6.34 Å². The van der Waals surface area contributed by atoms with Crippen molar-refractivity contribution in [3.05, 3.63) is 65.7 Å². The summed E-state index contributed by atoms with van der Waals surface area (Å²) >= 11 is 0. The van der Waals surface area contributed by atoms with Gasteiger partial charge in [0.2, 0.25) is 0 Å². The van der Waals surface area contributed by atoms with Crippen LogP contribution >= 0.6 is 0 Å². The van der Waals surface area contributed by atoms with Gasteiger partial charge in [0.15, 0.2) is 0 Å². The van der Waals surface area contributed by atoms with Gasteiger partial charge in [-0.1, -0.05) is 48.5 Å². The van der Waals surface area contributed by atoms with E-state index in [1.165, 1.54) is 11.1 Å². The molecule has 1 atom stereocenters. The highest BCUT2D eigenvalue weighted by molar-refractivity contribution is 5.81. The largest absolute Gasteiger partial charge is 0.346 e. The Kier molecular flexibility index (Phi) is 2.18. The molecule has 0 saturated carbocycles. The maximum absolute atomic E-state index is 4.50. The number of nitrogens with zero attached hydrogens (tertiary/aromatic N) is 1. The van der Waals surface area contributed by atoms with Crippen LogP contribution < -0.4 is 5.32 Å². The lowest BCUT2D eigenvalue weighted by molar-refractivity contribution is 0.870. The maximum atomic E-state index is 4.50. The molecule has 2 aromatic rings. The van der Waals surface area contributed by atoms with Crippen LogP contribution in [-0.2, 0) is 0 Å². The average Bonchev–Trinajstić information content (AvgIpc) is 2.39. The molecule has 3 rings (SSSR count). The van der Waals surface area contributed by atoms with E-state index in [0.717, 1.165) is 5.69 Å². The van der Waals surface area contributed by atoms with E-state index in [1.54, 1.807) is 6.34 Å². The fourth-order valence-electron chi connectivity index (χ4n) is 2.03. The van der Waals surface area contributed by atoms with Crippen molar-refractivity contribution in [2.24, 2.45) is 4.99 Å². The first-order chi connectivity index (χ1) is 7.95. The van der Waals surface area contributed by atoms with Crippen molar-refractivity contribution in [3.63, 3.8) is 0 Å². The van der Waals surface area contributed by atoms with E-state index in [-0.39, 0.29) is 6.04 Å². The summed E-state index contributed by atoms with van der Waals surface area (Å²) in [5.74, 6) is 0. The summed E-state index contributed by atoms with van der Waals surface area (Å²) in [6.45, 7) is 0. The van der Waals surface area contributed by atoms with E-state index in [2.05, 4.69) is 52.8 Å². The van der Waals surface area contributed by atoms with Crippen molar-refractivity contribution < 1.29 is 0 Å².